The van der Waals surface area contributed by atoms with Crippen LogP contribution in [0.15, 0.2) is 78.9 Å². The van der Waals surface area contributed by atoms with Crippen LogP contribution in [0.4, 0.5) is 10.1 Å². The first-order valence-corrected chi connectivity index (χ1v) is 16.2. The molecule has 8 nitrogen and oxygen atoms in total. The molecule has 0 aliphatic heterocycles. The number of rotatable bonds is 12. The third-order valence-electron chi connectivity index (χ3n) is 7.60. The van der Waals surface area contributed by atoms with E-state index in [0.717, 1.165) is 52.3 Å². The number of para-hydroxylation sites is 1. The van der Waals surface area contributed by atoms with Gasteiger partial charge >= 0.3 is 10.2 Å². The number of carbonyl (C=O) groups is 2. The highest BCUT2D eigenvalue weighted by Gasteiger charge is 2.36. The summed E-state index contributed by atoms with van der Waals surface area (Å²) in [7, 11) is -1.67. The summed E-state index contributed by atoms with van der Waals surface area (Å²) in [4.78, 5) is 29.7. The zero-order chi connectivity index (χ0) is 31.0. The number of benzene rings is 3. The van der Waals surface area contributed by atoms with Crippen LogP contribution in [0.5, 0.6) is 0 Å². The Morgan fingerprint density at radius 2 is 1.58 bits per heavy atom. The fraction of sp³-hybridized carbons (Fsp3) is 0.375. The number of hydrogen-bond donors (Lipinski definition) is 1. The maximum atomic E-state index is 15.0. The lowest BCUT2D eigenvalue weighted by Crippen LogP contribution is -2.55. The van der Waals surface area contributed by atoms with Gasteiger partial charge in [0, 0.05) is 38.1 Å². The maximum absolute atomic E-state index is 15.0. The molecule has 230 valence electrons. The largest absolute Gasteiger partial charge is 0.352 e. The van der Waals surface area contributed by atoms with Crippen molar-refractivity contribution in [1.82, 2.24) is 14.5 Å². The third-order valence-corrected chi connectivity index (χ3v) is 9.65. The number of anilines is 1. The van der Waals surface area contributed by atoms with Gasteiger partial charge in [0.2, 0.25) is 11.8 Å². The van der Waals surface area contributed by atoms with Crippen molar-refractivity contribution < 1.29 is 22.4 Å². The highest BCUT2D eigenvalue weighted by atomic mass is 35.5. The van der Waals surface area contributed by atoms with Crippen molar-refractivity contribution in [3.8, 4) is 0 Å². The number of nitrogens with one attached hydrogen (secondary N) is 1. The lowest BCUT2D eigenvalue weighted by molar-refractivity contribution is -0.140. The van der Waals surface area contributed by atoms with E-state index in [1.165, 1.54) is 37.2 Å². The number of nitrogens with zero attached hydrogens (tertiary/aromatic N) is 3. The number of amides is 2. The molecule has 3 aromatic carbocycles. The molecule has 43 heavy (non-hydrogen) atoms. The molecule has 1 fully saturated rings. The van der Waals surface area contributed by atoms with E-state index in [1.807, 2.05) is 30.3 Å². The summed E-state index contributed by atoms with van der Waals surface area (Å²) in [6.07, 6.45) is 5.05. The number of halogens is 2. The Morgan fingerprint density at radius 3 is 2.23 bits per heavy atom. The van der Waals surface area contributed by atoms with Gasteiger partial charge in [0.15, 0.2) is 0 Å². The SMILES string of the molecule is CN(C)S(=O)(=O)N(CC(=O)N(Cc1cccc(Cl)c1)[C@H](Cc1ccccc1)C(=O)NC1CCCCC1)c1ccccc1F. The predicted octanol–water partition coefficient (Wildman–Crippen LogP) is 5.18. The van der Waals surface area contributed by atoms with Gasteiger partial charge in [-0.05, 0) is 48.2 Å². The average Bonchev–Trinajstić information content (AvgIpc) is 2.99. The van der Waals surface area contributed by atoms with E-state index in [-0.39, 0.29) is 30.6 Å². The Bertz CT molecular complexity index is 1500. The number of carbonyl (C=O) groups excluding carboxylic acids is 2. The van der Waals surface area contributed by atoms with E-state index in [0.29, 0.717) is 10.6 Å². The lowest BCUT2D eigenvalue weighted by Gasteiger charge is -2.35. The molecule has 1 saturated carbocycles. The summed E-state index contributed by atoms with van der Waals surface area (Å²) in [6, 6.07) is 20.7. The van der Waals surface area contributed by atoms with Crippen molar-refractivity contribution in [3.63, 3.8) is 0 Å². The molecule has 0 saturated heterocycles. The van der Waals surface area contributed by atoms with E-state index >= 15 is 0 Å². The number of hydrogen-bond acceptors (Lipinski definition) is 4. The van der Waals surface area contributed by atoms with Crippen LogP contribution in [0.3, 0.4) is 0 Å². The first-order valence-electron chi connectivity index (χ1n) is 14.4. The smallest absolute Gasteiger partial charge is 0.304 e. The van der Waals surface area contributed by atoms with Gasteiger partial charge in [-0.2, -0.15) is 12.7 Å². The predicted molar refractivity (Wildman–Crippen MR) is 167 cm³/mol. The molecule has 0 unspecified atom stereocenters. The van der Waals surface area contributed by atoms with Crippen LogP contribution >= 0.6 is 11.6 Å². The second-order valence-electron chi connectivity index (χ2n) is 10.9. The first-order chi connectivity index (χ1) is 20.6. The van der Waals surface area contributed by atoms with Gasteiger partial charge < -0.3 is 10.2 Å². The highest BCUT2D eigenvalue weighted by molar-refractivity contribution is 7.90. The Balaban J connectivity index is 1.76. The Hall–Kier alpha value is -3.47. The van der Waals surface area contributed by atoms with E-state index in [9.17, 15) is 22.4 Å². The lowest BCUT2D eigenvalue weighted by atomic mass is 9.94. The Labute approximate surface area is 258 Å². The molecule has 3 aromatic rings. The second-order valence-corrected chi connectivity index (χ2v) is 13.5. The fourth-order valence-corrected chi connectivity index (χ4v) is 6.56. The zero-order valence-electron chi connectivity index (χ0n) is 24.5. The maximum Gasteiger partial charge on any atom is 0.304 e. The van der Waals surface area contributed by atoms with E-state index < -0.39 is 34.5 Å². The van der Waals surface area contributed by atoms with Crippen LogP contribution in [0, 0.1) is 5.82 Å². The summed E-state index contributed by atoms with van der Waals surface area (Å²) >= 11 is 6.27. The third kappa shape index (κ3) is 8.55. The minimum atomic E-state index is -4.29. The van der Waals surface area contributed by atoms with Gasteiger partial charge in [-0.1, -0.05) is 85.5 Å². The molecule has 0 heterocycles. The summed E-state index contributed by atoms with van der Waals surface area (Å²) < 4.78 is 43.5. The summed E-state index contributed by atoms with van der Waals surface area (Å²) in [5, 5.41) is 3.61. The van der Waals surface area contributed by atoms with Crippen LogP contribution in [0.2, 0.25) is 5.02 Å². The monoisotopic (exact) mass is 628 g/mol. The molecule has 1 aliphatic rings. The van der Waals surface area contributed by atoms with Gasteiger partial charge in [-0.3, -0.25) is 9.59 Å². The van der Waals surface area contributed by atoms with Crippen molar-refractivity contribution in [2.45, 2.75) is 57.2 Å². The van der Waals surface area contributed by atoms with Crippen LogP contribution in [0.25, 0.3) is 0 Å². The van der Waals surface area contributed by atoms with Gasteiger partial charge in [-0.25, -0.2) is 8.70 Å². The minimum Gasteiger partial charge on any atom is -0.352 e. The first kappa shape index (κ1) is 32.4. The van der Waals surface area contributed by atoms with Gasteiger partial charge in [0.1, 0.15) is 18.4 Å². The summed E-state index contributed by atoms with van der Waals surface area (Å²) in [5.41, 5.74) is 1.23. The molecular formula is C32H38ClFN4O4S. The average molecular weight is 629 g/mol. The van der Waals surface area contributed by atoms with Gasteiger partial charge in [0.05, 0.1) is 5.69 Å². The normalized spacial score (nSPS) is 14.7. The van der Waals surface area contributed by atoms with Crippen molar-refractivity contribution >= 4 is 39.3 Å². The minimum absolute atomic E-state index is 0.00771. The quantitative estimate of drug-likeness (QED) is 0.299. The van der Waals surface area contributed by atoms with Crippen LogP contribution in [-0.4, -0.2) is 62.2 Å². The van der Waals surface area contributed by atoms with Gasteiger partial charge in [-0.15, -0.1) is 0 Å². The molecule has 0 radical (unpaired) electrons. The van der Waals surface area contributed by atoms with E-state index in [4.69, 9.17) is 11.6 Å². The molecule has 0 spiro atoms. The zero-order valence-corrected chi connectivity index (χ0v) is 26.0. The standard InChI is InChI=1S/C32H38ClFN4O4S/c1-36(2)43(41,42)38(29-19-10-9-18-28(29)34)23-31(39)37(22-25-14-11-15-26(33)20-25)30(21-24-12-5-3-6-13-24)32(40)35-27-16-7-4-8-17-27/h3,5-6,9-15,18-20,27,30H,4,7-8,16-17,21-23H2,1-2H3,(H,35,40)/t30-/m1/s1. The molecule has 11 heteroatoms. The van der Waals surface area contributed by atoms with Gasteiger partial charge in [0.25, 0.3) is 0 Å². The fourth-order valence-electron chi connectivity index (χ4n) is 5.29. The van der Waals surface area contributed by atoms with Crippen LogP contribution < -0.4 is 9.62 Å². The van der Waals surface area contributed by atoms with Crippen LogP contribution in [0.1, 0.15) is 43.2 Å². The molecule has 0 aromatic heterocycles. The molecule has 0 bridgehead atoms. The van der Waals surface area contributed by atoms with E-state index in [2.05, 4.69) is 5.32 Å². The van der Waals surface area contributed by atoms with Crippen molar-refractivity contribution in [2.75, 3.05) is 24.9 Å². The van der Waals surface area contributed by atoms with Crippen molar-refractivity contribution in [1.29, 1.82) is 0 Å². The Morgan fingerprint density at radius 1 is 0.930 bits per heavy atom. The molecular weight excluding hydrogens is 591 g/mol. The topological polar surface area (TPSA) is 90.0 Å². The second kappa shape index (κ2) is 14.8. The van der Waals surface area contributed by atoms with E-state index in [1.54, 1.807) is 24.3 Å². The van der Waals surface area contributed by atoms with Crippen molar-refractivity contribution in [2.24, 2.45) is 0 Å². The molecule has 4 rings (SSSR count). The molecule has 2 amide bonds. The molecule has 1 aliphatic carbocycles. The molecule has 1 N–H and O–H groups in total. The highest BCUT2D eigenvalue weighted by Crippen LogP contribution is 2.25. The van der Waals surface area contributed by atoms with Crippen LogP contribution in [-0.2, 0) is 32.8 Å². The Kier molecular flexibility index (Phi) is 11.2. The summed E-state index contributed by atoms with van der Waals surface area (Å²) in [6.45, 7) is -0.730. The summed E-state index contributed by atoms with van der Waals surface area (Å²) in [5.74, 6) is -1.77. The van der Waals surface area contributed by atoms with Crippen molar-refractivity contribution in [3.05, 3.63) is 101 Å². The molecule has 1 atom stereocenters.